The molecular formula is C19H19NO. The number of hydrogen-bond acceptors (Lipinski definition) is 2. The molecule has 0 aromatic heterocycles. The van der Waals surface area contributed by atoms with Gasteiger partial charge in [0.15, 0.2) is 0 Å². The molecule has 1 aliphatic rings. The van der Waals surface area contributed by atoms with Crippen molar-refractivity contribution in [1.29, 1.82) is 5.26 Å². The molecule has 0 spiro atoms. The maximum atomic E-state index is 11.1. The Bertz CT molecular complexity index is 675. The fourth-order valence-corrected chi connectivity index (χ4v) is 3.04. The zero-order valence-corrected chi connectivity index (χ0v) is 12.2. The number of nitriles is 1. The second-order valence-electron chi connectivity index (χ2n) is 5.98. The summed E-state index contributed by atoms with van der Waals surface area (Å²) in [6, 6.07) is 17.5. The standard InChI is InChI=1S/C19H19NO/c1-19(21,16-11-9-14(13-20)10-12-16)18-8-3-2-7-17(18)15-5-4-6-15/h2-3,7-12,15,21H,4-6H2,1H3. The van der Waals surface area contributed by atoms with Gasteiger partial charge in [-0.25, -0.2) is 0 Å². The van der Waals surface area contributed by atoms with Crippen LogP contribution in [0.1, 0.15) is 54.4 Å². The molecule has 21 heavy (non-hydrogen) atoms. The van der Waals surface area contributed by atoms with E-state index in [4.69, 9.17) is 5.26 Å². The van der Waals surface area contributed by atoms with E-state index in [-0.39, 0.29) is 0 Å². The lowest BCUT2D eigenvalue weighted by Gasteiger charge is -2.33. The molecule has 2 heteroatoms. The van der Waals surface area contributed by atoms with Crippen molar-refractivity contribution in [2.45, 2.75) is 37.7 Å². The Balaban J connectivity index is 2.02. The van der Waals surface area contributed by atoms with Gasteiger partial charge in [0.2, 0.25) is 0 Å². The van der Waals surface area contributed by atoms with E-state index in [9.17, 15) is 5.11 Å². The van der Waals surface area contributed by atoms with Crippen LogP contribution in [0.5, 0.6) is 0 Å². The Hall–Kier alpha value is -2.11. The molecule has 1 aliphatic carbocycles. The van der Waals surface area contributed by atoms with Gasteiger partial charge in [-0.15, -0.1) is 0 Å². The highest BCUT2D eigenvalue weighted by Gasteiger charge is 2.31. The molecule has 3 rings (SSSR count). The first-order chi connectivity index (χ1) is 10.1. The molecule has 106 valence electrons. The van der Waals surface area contributed by atoms with Crippen LogP contribution in [-0.4, -0.2) is 5.11 Å². The van der Waals surface area contributed by atoms with Crippen LogP contribution in [0.15, 0.2) is 48.5 Å². The van der Waals surface area contributed by atoms with E-state index in [1.54, 1.807) is 12.1 Å². The smallest absolute Gasteiger partial charge is 0.112 e. The molecule has 1 fully saturated rings. The fourth-order valence-electron chi connectivity index (χ4n) is 3.04. The Morgan fingerprint density at radius 1 is 1.10 bits per heavy atom. The summed E-state index contributed by atoms with van der Waals surface area (Å²) < 4.78 is 0. The summed E-state index contributed by atoms with van der Waals surface area (Å²) in [5.41, 5.74) is 2.66. The maximum Gasteiger partial charge on any atom is 0.112 e. The molecule has 0 bridgehead atoms. The van der Waals surface area contributed by atoms with Crippen molar-refractivity contribution in [3.05, 3.63) is 70.8 Å². The lowest BCUT2D eigenvalue weighted by atomic mass is 9.74. The van der Waals surface area contributed by atoms with Crippen LogP contribution in [0, 0.1) is 11.3 Å². The third kappa shape index (κ3) is 2.46. The summed E-state index contributed by atoms with van der Waals surface area (Å²) in [6.45, 7) is 1.84. The first kappa shape index (κ1) is 13.9. The maximum absolute atomic E-state index is 11.1. The van der Waals surface area contributed by atoms with Crippen molar-refractivity contribution >= 4 is 0 Å². The van der Waals surface area contributed by atoms with Crippen LogP contribution < -0.4 is 0 Å². The summed E-state index contributed by atoms with van der Waals surface area (Å²) in [6.07, 6.45) is 3.69. The molecular weight excluding hydrogens is 258 g/mol. The van der Waals surface area contributed by atoms with Crippen LogP contribution in [-0.2, 0) is 5.60 Å². The predicted molar refractivity (Wildman–Crippen MR) is 82.9 cm³/mol. The van der Waals surface area contributed by atoms with Crippen LogP contribution in [0.4, 0.5) is 0 Å². The molecule has 1 unspecified atom stereocenters. The largest absolute Gasteiger partial charge is 0.381 e. The Kier molecular flexibility index (Phi) is 3.53. The second kappa shape index (κ2) is 5.35. The van der Waals surface area contributed by atoms with Gasteiger partial charge in [0.1, 0.15) is 5.60 Å². The fraction of sp³-hybridized carbons (Fsp3) is 0.316. The number of nitrogens with zero attached hydrogens (tertiary/aromatic N) is 1. The van der Waals surface area contributed by atoms with Gasteiger partial charge in [-0.3, -0.25) is 0 Å². The highest BCUT2D eigenvalue weighted by Crippen LogP contribution is 2.42. The Labute approximate surface area is 125 Å². The molecule has 1 saturated carbocycles. The monoisotopic (exact) mass is 277 g/mol. The van der Waals surface area contributed by atoms with Crippen LogP contribution in [0.3, 0.4) is 0 Å². The highest BCUT2D eigenvalue weighted by molar-refractivity contribution is 5.44. The number of rotatable bonds is 3. The highest BCUT2D eigenvalue weighted by atomic mass is 16.3. The van der Waals surface area contributed by atoms with E-state index in [1.807, 2.05) is 37.3 Å². The predicted octanol–water partition coefficient (Wildman–Crippen LogP) is 4.08. The number of aliphatic hydroxyl groups is 1. The minimum Gasteiger partial charge on any atom is -0.381 e. The van der Waals surface area contributed by atoms with Crippen molar-refractivity contribution in [2.24, 2.45) is 0 Å². The van der Waals surface area contributed by atoms with E-state index in [0.29, 0.717) is 11.5 Å². The summed E-state index contributed by atoms with van der Waals surface area (Å²) in [7, 11) is 0. The molecule has 2 nitrogen and oxygen atoms in total. The summed E-state index contributed by atoms with van der Waals surface area (Å²) in [5, 5.41) is 20.0. The quantitative estimate of drug-likeness (QED) is 0.918. The minimum absolute atomic E-state index is 0.575. The SMILES string of the molecule is CC(O)(c1ccc(C#N)cc1)c1ccccc1C1CCC1. The topological polar surface area (TPSA) is 44.0 Å². The summed E-state index contributed by atoms with van der Waals surface area (Å²) >= 11 is 0. The zero-order chi connectivity index (χ0) is 14.9. The average Bonchev–Trinajstić information content (AvgIpc) is 2.46. The van der Waals surface area contributed by atoms with E-state index in [0.717, 1.165) is 11.1 Å². The van der Waals surface area contributed by atoms with E-state index in [2.05, 4.69) is 12.1 Å². The molecule has 2 aromatic rings. The first-order valence-electron chi connectivity index (χ1n) is 7.45. The van der Waals surface area contributed by atoms with Crippen LogP contribution in [0.2, 0.25) is 0 Å². The van der Waals surface area contributed by atoms with Crippen molar-refractivity contribution in [1.82, 2.24) is 0 Å². The Morgan fingerprint density at radius 3 is 2.33 bits per heavy atom. The van der Waals surface area contributed by atoms with Gasteiger partial charge in [0, 0.05) is 0 Å². The number of benzene rings is 2. The van der Waals surface area contributed by atoms with Gasteiger partial charge < -0.3 is 5.11 Å². The van der Waals surface area contributed by atoms with Crippen molar-refractivity contribution in [2.75, 3.05) is 0 Å². The molecule has 1 atom stereocenters. The van der Waals surface area contributed by atoms with Gasteiger partial charge in [0.25, 0.3) is 0 Å². The first-order valence-corrected chi connectivity index (χ1v) is 7.45. The molecule has 0 amide bonds. The molecule has 2 aromatic carbocycles. The van der Waals surface area contributed by atoms with Crippen LogP contribution in [0.25, 0.3) is 0 Å². The Morgan fingerprint density at radius 2 is 1.76 bits per heavy atom. The number of hydrogen-bond donors (Lipinski definition) is 1. The van der Waals surface area contributed by atoms with Gasteiger partial charge in [0.05, 0.1) is 11.6 Å². The molecule has 0 radical (unpaired) electrons. The van der Waals surface area contributed by atoms with Gasteiger partial charge in [-0.1, -0.05) is 42.8 Å². The molecule has 0 aliphatic heterocycles. The molecule has 0 heterocycles. The van der Waals surface area contributed by atoms with Crippen molar-refractivity contribution in [3.63, 3.8) is 0 Å². The molecule has 0 saturated heterocycles. The molecule has 1 N–H and O–H groups in total. The summed E-state index contributed by atoms with van der Waals surface area (Å²) in [4.78, 5) is 0. The minimum atomic E-state index is -1.03. The van der Waals surface area contributed by atoms with Crippen molar-refractivity contribution in [3.8, 4) is 6.07 Å². The lowest BCUT2D eigenvalue weighted by molar-refractivity contribution is 0.100. The van der Waals surface area contributed by atoms with Gasteiger partial charge >= 0.3 is 0 Å². The van der Waals surface area contributed by atoms with Gasteiger partial charge in [-0.2, -0.15) is 5.26 Å². The van der Waals surface area contributed by atoms with Crippen LogP contribution >= 0.6 is 0 Å². The van der Waals surface area contributed by atoms with E-state index in [1.165, 1.54) is 24.8 Å². The van der Waals surface area contributed by atoms with Crippen molar-refractivity contribution < 1.29 is 5.11 Å². The normalized spacial score (nSPS) is 17.6. The third-order valence-electron chi connectivity index (χ3n) is 4.61. The van der Waals surface area contributed by atoms with E-state index >= 15 is 0 Å². The zero-order valence-electron chi connectivity index (χ0n) is 12.2. The second-order valence-corrected chi connectivity index (χ2v) is 5.98. The van der Waals surface area contributed by atoms with Gasteiger partial charge in [-0.05, 0) is 54.5 Å². The summed E-state index contributed by atoms with van der Waals surface area (Å²) in [5.74, 6) is 0.575. The van der Waals surface area contributed by atoms with E-state index < -0.39 is 5.60 Å². The third-order valence-corrected chi connectivity index (χ3v) is 4.61. The average molecular weight is 277 g/mol. The lowest BCUT2D eigenvalue weighted by Crippen LogP contribution is -2.26.